The van der Waals surface area contributed by atoms with E-state index in [1.807, 2.05) is 6.92 Å². The van der Waals surface area contributed by atoms with Gasteiger partial charge in [-0.05, 0) is 37.3 Å². The number of hydrogen-bond acceptors (Lipinski definition) is 5. The minimum Gasteiger partial charge on any atom is -0.492 e. The Morgan fingerprint density at radius 1 is 1.29 bits per heavy atom. The second-order valence-corrected chi connectivity index (χ2v) is 8.60. The Bertz CT molecular complexity index is 1040. The molecule has 0 bridgehead atoms. The van der Waals surface area contributed by atoms with Gasteiger partial charge in [0, 0.05) is 0 Å². The van der Waals surface area contributed by atoms with Crippen LogP contribution in [0.25, 0.3) is 0 Å². The van der Waals surface area contributed by atoms with Crippen molar-refractivity contribution in [1.82, 2.24) is 0 Å². The van der Waals surface area contributed by atoms with Crippen LogP contribution in [0, 0.1) is 5.92 Å². The summed E-state index contributed by atoms with van der Waals surface area (Å²) in [6.07, 6.45) is 0. The number of halogens is 1. The summed E-state index contributed by atoms with van der Waals surface area (Å²) < 4.78 is 30.7. The van der Waals surface area contributed by atoms with Crippen LogP contribution in [0.4, 0.5) is 11.4 Å². The first-order valence-corrected chi connectivity index (χ1v) is 10.6. The number of benzene rings is 2. The van der Waals surface area contributed by atoms with Gasteiger partial charge < -0.3 is 10.1 Å². The Hall–Kier alpha value is -2.58. The molecule has 1 aliphatic rings. The summed E-state index contributed by atoms with van der Waals surface area (Å²) in [4.78, 5) is 24.8. The Morgan fingerprint density at radius 3 is 2.61 bits per heavy atom. The molecule has 0 unspecified atom stereocenters. The number of carbonyl (C=O) groups excluding carboxylic acids is 2. The van der Waals surface area contributed by atoms with E-state index in [1.165, 1.54) is 18.2 Å². The molecule has 28 heavy (non-hydrogen) atoms. The normalized spacial score (nSPS) is 18.2. The minimum atomic E-state index is -3.74. The van der Waals surface area contributed by atoms with Crippen molar-refractivity contribution in [2.75, 3.05) is 22.0 Å². The van der Waals surface area contributed by atoms with Crippen molar-refractivity contribution < 1.29 is 22.7 Å². The smallest absolute Gasteiger partial charge is 0.257 e. The number of nitrogens with zero attached hydrogens (tertiary/aromatic N) is 1. The maximum atomic E-state index is 12.6. The average Bonchev–Trinajstić information content (AvgIpc) is 2.83. The van der Waals surface area contributed by atoms with Gasteiger partial charge in [-0.2, -0.15) is 0 Å². The summed E-state index contributed by atoms with van der Waals surface area (Å²) in [5.41, 5.74) is 0.750. The topological polar surface area (TPSA) is 92.8 Å². The van der Waals surface area contributed by atoms with Gasteiger partial charge in [0.25, 0.3) is 5.91 Å². The van der Waals surface area contributed by atoms with Crippen LogP contribution < -0.4 is 14.4 Å². The molecule has 0 radical (unpaired) electrons. The Labute approximate surface area is 168 Å². The van der Waals surface area contributed by atoms with Crippen LogP contribution in [0.15, 0.2) is 42.5 Å². The quantitative estimate of drug-likeness (QED) is 0.797. The van der Waals surface area contributed by atoms with Gasteiger partial charge in [0.1, 0.15) is 5.75 Å². The largest absolute Gasteiger partial charge is 0.492 e. The van der Waals surface area contributed by atoms with Gasteiger partial charge in [0.05, 0.1) is 40.2 Å². The third-order valence-corrected chi connectivity index (χ3v) is 6.41. The van der Waals surface area contributed by atoms with Crippen LogP contribution in [0.2, 0.25) is 5.02 Å². The lowest BCUT2D eigenvalue weighted by atomic mass is 10.1. The van der Waals surface area contributed by atoms with Crippen molar-refractivity contribution in [2.24, 2.45) is 5.92 Å². The van der Waals surface area contributed by atoms with Gasteiger partial charge in [0.2, 0.25) is 15.9 Å². The molecule has 1 atom stereocenters. The van der Waals surface area contributed by atoms with Crippen LogP contribution in [-0.4, -0.2) is 32.6 Å². The number of sulfonamides is 1. The van der Waals surface area contributed by atoms with E-state index in [1.54, 1.807) is 31.2 Å². The van der Waals surface area contributed by atoms with E-state index in [-0.39, 0.29) is 22.0 Å². The number of hydrogen-bond donors (Lipinski definition) is 1. The number of rotatable bonds is 5. The van der Waals surface area contributed by atoms with Gasteiger partial charge in [-0.3, -0.25) is 9.59 Å². The zero-order valence-corrected chi connectivity index (χ0v) is 16.9. The van der Waals surface area contributed by atoms with Crippen molar-refractivity contribution in [1.29, 1.82) is 0 Å². The second-order valence-electron chi connectivity index (χ2n) is 6.33. The lowest BCUT2D eigenvalue weighted by Gasteiger charge is -2.17. The van der Waals surface area contributed by atoms with Crippen LogP contribution in [-0.2, 0) is 14.8 Å². The van der Waals surface area contributed by atoms with Gasteiger partial charge in [0.15, 0.2) is 0 Å². The highest BCUT2D eigenvalue weighted by molar-refractivity contribution is 7.94. The number of ether oxygens (including phenoxy) is 1. The molecular formula is C19H19ClN2O5S. The molecule has 9 heteroatoms. The molecule has 1 saturated heterocycles. The first-order chi connectivity index (χ1) is 13.2. The predicted molar refractivity (Wildman–Crippen MR) is 107 cm³/mol. The summed E-state index contributed by atoms with van der Waals surface area (Å²) in [6.45, 7) is 3.83. The molecule has 2 aromatic carbocycles. The highest BCUT2D eigenvalue weighted by Gasteiger charge is 2.42. The van der Waals surface area contributed by atoms with E-state index in [2.05, 4.69) is 5.32 Å². The highest BCUT2D eigenvalue weighted by Crippen LogP contribution is 2.32. The van der Waals surface area contributed by atoms with Crippen LogP contribution in [0.1, 0.15) is 24.2 Å². The van der Waals surface area contributed by atoms with Crippen molar-refractivity contribution in [3.8, 4) is 5.75 Å². The van der Waals surface area contributed by atoms with Crippen molar-refractivity contribution in [2.45, 2.75) is 13.8 Å². The molecular weight excluding hydrogens is 404 g/mol. The monoisotopic (exact) mass is 422 g/mol. The molecule has 0 spiro atoms. The summed E-state index contributed by atoms with van der Waals surface area (Å²) >= 11 is 6.22. The zero-order chi connectivity index (χ0) is 20.5. The Morgan fingerprint density at radius 2 is 2.00 bits per heavy atom. The van der Waals surface area contributed by atoms with E-state index in [0.29, 0.717) is 18.0 Å². The number of amides is 2. The lowest BCUT2D eigenvalue weighted by molar-refractivity contribution is -0.119. The summed E-state index contributed by atoms with van der Waals surface area (Å²) in [7, 11) is -3.74. The molecule has 148 valence electrons. The van der Waals surface area contributed by atoms with Crippen molar-refractivity contribution in [3.63, 3.8) is 0 Å². The average molecular weight is 423 g/mol. The summed E-state index contributed by atoms with van der Waals surface area (Å²) in [6, 6.07) is 11.1. The van der Waals surface area contributed by atoms with Gasteiger partial charge in [-0.15, -0.1) is 0 Å². The third kappa shape index (κ3) is 3.83. The first kappa shape index (κ1) is 20.2. The molecule has 1 N–H and O–H groups in total. The fourth-order valence-electron chi connectivity index (χ4n) is 2.94. The van der Waals surface area contributed by atoms with Crippen LogP contribution >= 0.6 is 11.6 Å². The lowest BCUT2D eigenvalue weighted by Crippen LogP contribution is -2.30. The molecule has 2 aromatic rings. The van der Waals surface area contributed by atoms with E-state index < -0.39 is 27.8 Å². The number of para-hydroxylation sites is 2. The SMILES string of the molecule is CCOc1ccccc1NC(=O)c1ccc(N2C(=O)[C@@H](C)CS2(=O)=O)cc1Cl. The number of carbonyl (C=O) groups is 2. The summed E-state index contributed by atoms with van der Waals surface area (Å²) in [5, 5.41) is 2.76. The summed E-state index contributed by atoms with van der Waals surface area (Å²) in [5.74, 6) is -1.35. The second kappa shape index (κ2) is 7.81. The van der Waals surface area contributed by atoms with Crippen LogP contribution in [0.5, 0.6) is 5.75 Å². The molecule has 7 nitrogen and oxygen atoms in total. The van der Waals surface area contributed by atoms with E-state index in [0.717, 1.165) is 4.31 Å². The van der Waals surface area contributed by atoms with E-state index in [9.17, 15) is 18.0 Å². The Balaban J connectivity index is 1.87. The molecule has 1 fully saturated rings. The van der Waals surface area contributed by atoms with Gasteiger partial charge in [-0.25, -0.2) is 12.7 Å². The molecule has 1 aliphatic heterocycles. The molecule has 0 aromatic heterocycles. The molecule has 0 aliphatic carbocycles. The van der Waals surface area contributed by atoms with Crippen LogP contribution in [0.3, 0.4) is 0 Å². The van der Waals surface area contributed by atoms with Crippen molar-refractivity contribution >= 4 is 44.8 Å². The number of anilines is 2. The first-order valence-electron chi connectivity index (χ1n) is 8.64. The highest BCUT2D eigenvalue weighted by atomic mass is 35.5. The predicted octanol–water partition coefficient (Wildman–Crippen LogP) is 3.30. The fraction of sp³-hybridized carbons (Fsp3) is 0.263. The fourth-order valence-corrected chi connectivity index (χ4v) is 5.02. The third-order valence-electron chi connectivity index (χ3n) is 4.23. The zero-order valence-electron chi connectivity index (χ0n) is 15.3. The maximum absolute atomic E-state index is 12.6. The molecule has 0 saturated carbocycles. The Kier molecular flexibility index (Phi) is 5.62. The number of nitrogens with one attached hydrogen (secondary N) is 1. The molecule has 2 amide bonds. The molecule has 1 heterocycles. The standard InChI is InChI=1S/C19H19ClN2O5S/c1-3-27-17-7-5-4-6-16(17)21-18(23)14-9-8-13(10-15(14)20)22-19(24)12(2)11-28(22,25)26/h4-10,12H,3,11H2,1-2H3,(H,21,23)/t12-/m0/s1. The van der Waals surface area contributed by atoms with Crippen molar-refractivity contribution in [3.05, 3.63) is 53.1 Å². The minimum absolute atomic E-state index is 0.0337. The molecule has 3 rings (SSSR count). The van der Waals surface area contributed by atoms with Gasteiger partial charge >= 0.3 is 0 Å². The maximum Gasteiger partial charge on any atom is 0.257 e. The van der Waals surface area contributed by atoms with E-state index in [4.69, 9.17) is 16.3 Å². The van der Waals surface area contributed by atoms with Gasteiger partial charge in [-0.1, -0.05) is 30.7 Å². The van der Waals surface area contributed by atoms with E-state index >= 15 is 0 Å².